The molecule has 0 fully saturated rings. The van der Waals surface area contributed by atoms with Gasteiger partial charge in [0.2, 0.25) is 0 Å². The molecule has 0 bridgehead atoms. The SMILES string of the molecule is CC1(C)c2ccccc2-c2cccc(N(c3ccc(-c4ccccc4)cc3)c3ccc(C4(c5ccccc5)c5ccccc5-c5c4ccc4c5Oc5ccccc5O4)cc3)c21.CC1(C)c2ccccc2-c2cccc(Nc3ccc(-c4ccccc4)cc3)c21.Clc1ccc(C2(c3ccccc3)c3ccccc3-c3c2ccc2c3Oc3ccccc3O2)cc1. The van der Waals surface area contributed by atoms with Crippen LogP contribution in [0.1, 0.15) is 94.5 Å². The van der Waals surface area contributed by atoms with Gasteiger partial charge in [0.05, 0.1) is 16.5 Å². The lowest BCUT2D eigenvalue weighted by atomic mass is 9.67. The van der Waals surface area contributed by atoms with Crippen LogP contribution < -0.4 is 29.2 Å². The van der Waals surface area contributed by atoms with Crippen molar-refractivity contribution in [3.05, 3.63) is 496 Å². The van der Waals surface area contributed by atoms with Crippen molar-refractivity contribution >= 4 is 40.0 Å². The number of halogens is 1. The van der Waals surface area contributed by atoms with Gasteiger partial charge < -0.3 is 29.2 Å². The molecule has 0 saturated carbocycles. The summed E-state index contributed by atoms with van der Waals surface area (Å²) in [6.45, 7) is 9.37. The third kappa shape index (κ3) is 12.1. The van der Waals surface area contributed by atoms with Crippen LogP contribution in [-0.4, -0.2) is 0 Å². The first kappa shape index (κ1) is 74.4. The standard InChI is InChI=1S/C58H41NO2.C31H19ClO2.C27H23N/c1-57(2)47-23-11-9-20-44(47)45-22-15-25-50(55(45)57)59(42-32-28-39(29-33-42)38-16-5-3-6-17-38)43-34-30-41(31-35-43)58(40-18-7-4-8-19-40)48-24-12-10-21-46(48)54-49(58)36-37-53-56(54)61-52-27-14-13-26-51(52)60-53;32-22-16-14-21(15-17-22)31(20-8-2-1-3-9-20)24-11-5-4-10-23(24)29-25(31)18-19-28-30(29)34-27-13-7-6-12-26(27)33-28;1-27(2)24-13-7-6-11-22(24)23-12-8-14-25(26(23)27)28-21-17-15-20(16-18-21)19-9-4-3-5-10-19/h3-37H,1-2H3;1-19H;3-18,28H,1-2H3. The second-order valence-electron chi connectivity index (χ2n) is 33.4. The summed E-state index contributed by atoms with van der Waals surface area (Å²) in [5.41, 5.74) is 33.9. The average molecular weight is 1600 g/mol. The highest BCUT2D eigenvalue weighted by molar-refractivity contribution is 6.30. The van der Waals surface area contributed by atoms with Crippen molar-refractivity contribution < 1.29 is 18.9 Å². The van der Waals surface area contributed by atoms with E-state index in [1.54, 1.807) is 0 Å². The molecule has 2 unspecified atom stereocenters. The van der Waals surface area contributed by atoms with Crippen molar-refractivity contribution in [2.24, 2.45) is 0 Å². The summed E-state index contributed by atoms with van der Waals surface area (Å²) in [4.78, 5) is 2.45. The van der Waals surface area contributed by atoms with Crippen LogP contribution in [0.2, 0.25) is 5.02 Å². The maximum Gasteiger partial charge on any atom is 0.178 e. The molecule has 0 spiro atoms. The number of fused-ring (bicyclic) bond motifs is 18. The van der Waals surface area contributed by atoms with Crippen LogP contribution in [0.25, 0.3) is 66.8 Å². The monoisotopic (exact) mass is 1600 g/mol. The van der Waals surface area contributed by atoms with Gasteiger partial charge >= 0.3 is 0 Å². The van der Waals surface area contributed by atoms with Crippen LogP contribution in [0.15, 0.2) is 425 Å². The van der Waals surface area contributed by atoms with Crippen molar-refractivity contribution in [3.63, 3.8) is 0 Å². The molecule has 2 aliphatic heterocycles. The van der Waals surface area contributed by atoms with E-state index in [1.165, 1.54) is 117 Å². The van der Waals surface area contributed by atoms with Crippen LogP contribution >= 0.6 is 11.6 Å². The molecule has 0 amide bonds. The fraction of sp³-hybridized carbons (Fsp3) is 0.0690. The molecule has 6 aliphatic rings. The zero-order valence-electron chi connectivity index (χ0n) is 68.4. The minimum Gasteiger partial charge on any atom is -0.449 e. The Morgan fingerprint density at radius 3 is 1.06 bits per heavy atom. The van der Waals surface area contributed by atoms with Gasteiger partial charge in [-0.15, -0.1) is 0 Å². The van der Waals surface area contributed by atoms with Gasteiger partial charge in [-0.05, 0) is 219 Å². The van der Waals surface area contributed by atoms with Crippen molar-refractivity contribution in [1.82, 2.24) is 0 Å². The van der Waals surface area contributed by atoms with Gasteiger partial charge in [0, 0.05) is 49.7 Å². The molecule has 2 atom stereocenters. The Bertz CT molecular complexity index is 7130. The van der Waals surface area contributed by atoms with E-state index >= 15 is 0 Å². The van der Waals surface area contributed by atoms with E-state index in [9.17, 15) is 0 Å². The van der Waals surface area contributed by atoms with Gasteiger partial charge in [-0.1, -0.05) is 367 Å². The number of benzene rings is 18. The topological polar surface area (TPSA) is 52.2 Å². The Balaban J connectivity index is 0.000000122. The number of hydrogen-bond donors (Lipinski definition) is 1. The number of rotatable bonds is 11. The molecule has 18 aromatic rings. The Labute approximate surface area is 722 Å². The van der Waals surface area contributed by atoms with E-state index in [2.05, 4.69) is 396 Å². The highest BCUT2D eigenvalue weighted by atomic mass is 35.5. The van der Waals surface area contributed by atoms with E-state index in [-0.39, 0.29) is 10.8 Å². The highest BCUT2D eigenvalue weighted by Crippen LogP contribution is 2.66. The number of anilines is 5. The average Bonchev–Trinajstić information content (AvgIpc) is 1.53. The van der Waals surface area contributed by atoms with Crippen LogP contribution in [0, 0.1) is 0 Å². The van der Waals surface area contributed by atoms with Crippen LogP contribution in [-0.2, 0) is 21.7 Å². The van der Waals surface area contributed by atoms with Crippen LogP contribution in [0.3, 0.4) is 0 Å². The molecule has 18 aromatic carbocycles. The molecule has 123 heavy (non-hydrogen) atoms. The first-order valence-corrected chi connectivity index (χ1v) is 42.6. The molecule has 0 radical (unpaired) electrons. The Morgan fingerprint density at radius 2 is 0.585 bits per heavy atom. The molecule has 24 rings (SSSR count). The predicted octanol–water partition coefficient (Wildman–Crippen LogP) is 31.4. The number of ether oxygens (including phenoxy) is 4. The van der Waals surface area contributed by atoms with Gasteiger partial charge in [-0.25, -0.2) is 0 Å². The number of para-hydroxylation sites is 4. The molecule has 0 aromatic heterocycles. The summed E-state index contributed by atoms with van der Waals surface area (Å²) in [5.74, 6) is 5.87. The predicted molar refractivity (Wildman–Crippen MR) is 503 cm³/mol. The van der Waals surface area contributed by atoms with Crippen molar-refractivity contribution in [2.75, 3.05) is 10.2 Å². The largest absolute Gasteiger partial charge is 0.449 e. The lowest BCUT2D eigenvalue weighted by Crippen LogP contribution is -2.28. The maximum atomic E-state index is 6.77. The molecule has 2 heterocycles. The zero-order chi connectivity index (χ0) is 82.5. The summed E-state index contributed by atoms with van der Waals surface area (Å²) in [7, 11) is 0. The third-order valence-electron chi connectivity index (χ3n) is 25.9. The lowest BCUT2D eigenvalue weighted by Gasteiger charge is -2.35. The number of nitrogens with one attached hydrogen (secondary N) is 1. The van der Waals surface area contributed by atoms with E-state index in [1.807, 2.05) is 66.7 Å². The Kier molecular flexibility index (Phi) is 18.0. The van der Waals surface area contributed by atoms with Crippen LogP contribution in [0.4, 0.5) is 28.4 Å². The highest BCUT2D eigenvalue weighted by Gasteiger charge is 2.51. The maximum absolute atomic E-state index is 6.77. The van der Waals surface area contributed by atoms with E-state index in [4.69, 9.17) is 30.5 Å². The van der Waals surface area contributed by atoms with E-state index in [0.717, 1.165) is 95.9 Å². The second kappa shape index (κ2) is 29.8. The normalized spacial score (nSPS) is 15.7. The van der Waals surface area contributed by atoms with Gasteiger partial charge in [0.15, 0.2) is 46.0 Å². The quantitative estimate of drug-likeness (QED) is 0.139. The van der Waals surface area contributed by atoms with E-state index < -0.39 is 10.8 Å². The van der Waals surface area contributed by atoms with Gasteiger partial charge in [-0.3, -0.25) is 0 Å². The second-order valence-corrected chi connectivity index (χ2v) is 33.8. The van der Waals surface area contributed by atoms with E-state index in [0.29, 0.717) is 0 Å². The van der Waals surface area contributed by atoms with Gasteiger partial charge in [0.1, 0.15) is 0 Å². The van der Waals surface area contributed by atoms with Crippen molar-refractivity contribution in [1.29, 1.82) is 0 Å². The number of hydrogen-bond acceptors (Lipinski definition) is 6. The Hall–Kier alpha value is -15.0. The first-order chi connectivity index (χ1) is 60.4. The zero-order valence-corrected chi connectivity index (χ0v) is 69.1. The first-order valence-electron chi connectivity index (χ1n) is 42.2. The molecule has 1 N–H and O–H groups in total. The molecular weight excluding hydrogens is 1520 g/mol. The van der Waals surface area contributed by atoms with Gasteiger partial charge in [0.25, 0.3) is 0 Å². The fourth-order valence-electron chi connectivity index (χ4n) is 20.6. The summed E-state index contributed by atoms with van der Waals surface area (Å²) in [6, 6.07) is 151. The van der Waals surface area contributed by atoms with Crippen molar-refractivity contribution in [3.8, 4) is 113 Å². The minimum absolute atomic E-state index is 0.0144. The third-order valence-corrected chi connectivity index (χ3v) is 26.2. The molecule has 7 heteroatoms. The molecule has 6 nitrogen and oxygen atoms in total. The fourth-order valence-corrected chi connectivity index (χ4v) is 20.7. The summed E-state index contributed by atoms with van der Waals surface area (Å²) in [5, 5.41) is 4.39. The summed E-state index contributed by atoms with van der Waals surface area (Å²) >= 11 is 6.32. The molecule has 0 saturated heterocycles. The van der Waals surface area contributed by atoms with Gasteiger partial charge in [-0.2, -0.15) is 0 Å². The lowest BCUT2D eigenvalue weighted by molar-refractivity contribution is 0.360. The van der Waals surface area contributed by atoms with Crippen molar-refractivity contribution in [2.45, 2.75) is 49.4 Å². The molecule has 588 valence electrons. The summed E-state index contributed by atoms with van der Waals surface area (Å²) in [6.07, 6.45) is 0. The minimum atomic E-state index is -0.624. The van der Waals surface area contributed by atoms with Crippen LogP contribution in [0.5, 0.6) is 46.0 Å². The smallest absolute Gasteiger partial charge is 0.178 e. The molecular formula is C116H83ClN2O4. The number of nitrogens with zero attached hydrogens (tertiary/aromatic N) is 1. The Morgan fingerprint density at radius 1 is 0.244 bits per heavy atom. The molecule has 4 aliphatic carbocycles. The summed E-state index contributed by atoms with van der Waals surface area (Å²) < 4.78 is 26.1.